The van der Waals surface area contributed by atoms with Gasteiger partial charge in [-0.05, 0) is 5.56 Å². The van der Waals surface area contributed by atoms with Crippen molar-refractivity contribution in [2.24, 2.45) is 11.1 Å². The number of aliphatic hydroxyl groups is 1. The van der Waals surface area contributed by atoms with Gasteiger partial charge in [-0.3, -0.25) is 0 Å². The Labute approximate surface area is 83.0 Å². The van der Waals surface area contributed by atoms with Gasteiger partial charge in [0, 0.05) is 12.3 Å². The highest BCUT2D eigenvalue weighted by Gasteiger charge is 2.23. The molecular weight excluding hydrogens is 178 g/mol. The quantitative estimate of drug-likeness (QED) is 0.735. The fourth-order valence-corrected chi connectivity index (χ4v) is 1.47. The van der Waals surface area contributed by atoms with Crippen molar-refractivity contribution < 1.29 is 9.94 Å². The first-order valence-corrected chi connectivity index (χ1v) is 4.73. The van der Waals surface area contributed by atoms with Crippen LogP contribution in [0.2, 0.25) is 0 Å². The molecule has 0 amide bonds. The molecule has 2 atom stereocenters. The number of hydrogen-bond donors (Lipinski definition) is 1. The van der Waals surface area contributed by atoms with Gasteiger partial charge < -0.3 is 9.94 Å². The molecule has 0 spiro atoms. The average Bonchev–Trinajstić information content (AvgIpc) is 2.23. The van der Waals surface area contributed by atoms with Crippen molar-refractivity contribution in [2.75, 3.05) is 0 Å². The van der Waals surface area contributed by atoms with Crippen molar-refractivity contribution in [3.63, 3.8) is 0 Å². The Morgan fingerprint density at radius 2 is 2.07 bits per heavy atom. The fourth-order valence-electron chi connectivity index (χ4n) is 1.47. The summed E-state index contributed by atoms with van der Waals surface area (Å²) in [6.07, 6.45) is -0.00647. The third kappa shape index (κ3) is 1.77. The summed E-state index contributed by atoms with van der Waals surface area (Å²) >= 11 is 0. The van der Waals surface area contributed by atoms with Crippen LogP contribution in [0.1, 0.15) is 18.9 Å². The van der Waals surface area contributed by atoms with Gasteiger partial charge in [0.2, 0.25) is 6.29 Å². The molecule has 1 aliphatic rings. The second kappa shape index (κ2) is 3.80. The van der Waals surface area contributed by atoms with Gasteiger partial charge in [-0.25, -0.2) is 0 Å². The van der Waals surface area contributed by atoms with E-state index in [1.807, 2.05) is 37.3 Å². The second-order valence-electron chi connectivity index (χ2n) is 3.58. The summed E-state index contributed by atoms with van der Waals surface area (Å²) in [4.78, 5) is 4.90. The lowest BCUT2D eigenvalue weighted by molar-refractivity contribution is -0.135. The Bertz CT molecular complexity index is 334. The van der Waals surface area contributed by atoms with E-state index >= 15 is 0 Å². The largest absolute Gasteiger partial charge is 0.363 e. The molecule has 0 fully saturated rings. The maximum Gasteiger partial charge on any atom is 0.227 e. The van der Waals surface area contributed by atoms with Crippen LogP contribution in [-0.4, -0.2) is 17.1 Å². The maximum atomic E-state index is 9.31. The van der Waals surface area contributed by atoms with Crippen LogP contribution in [0.5, 0.6) is 0 Å². The predicted molar refractivity (Wildman–Crippen MR) is 53.9 cm³/mol. The molecule has 14 heavy (non-hydrogen) atoms. The minimum Gasteiger partial charge on any atom is -0.363 e. The normalized spacial score (nSPS) is 26.6. The topological polar surface area (TPSA) is 41.8 Å². The molecule has 1 heterocycles. The molecule has 74 valence electrons. The van der Waals surface area contributed by atoms with Crippen molar-refractivity contribution >= 4 is 5.71 Å². The first-order chi connectivity index (χ1) is 6.77. The van der Waals surface area contributed by atoms with Crippen molar-refractivity contribution in [2.45, 2.75) is 19.6 Å². The summed E-state index contributed by atoms with van der Waals surface area (Å²) < 4.78 is 0. The summed E-state index contributed by atoms with van der Waals surface area (Å²) in [6.45, 7) is 1.95. The lowest BCUT2D eigenvalue weighted by Gasteiger charge is -2.22. The molecule has 2 rings (SSSR count). The van der Waals surface area contributed by atoms with E-state index < -0.39 is 6.29 Å². The summed E-state index contributed by atoms with van der Waals surface area (Å²) in [5, 5.41) is 13.2. The molecule has 1 aromatic carbocycles. The summed E-state index contributed by atoms with van der Waals surface area (Å²) in [5.74, 6) is 0.0997. The second-order valence-corrected chi connectivity index (χ2v) is 3.58. The highest BCUT2D eigenvalue weighted by atomic mass is 16.7. The number of rotatable bonds is 1. The van der Waals surface area contributed by atoms with Crippen LogP contribution in [0.4, 0.5) is 0 Å². The Balaban J connectivity index is 2.21. The van der Waals surface area contributed by atoms with Gasteiger partial charge in [-0.1, -0.05) is 42.4 Å². The summed E-state index contributed by atoms with van der Waals surface area (Å²) in [7, 11) is 0. The van der Waals surface area contributed by atoms with Crippen LogP contribution in [0.3, 0.4) is 0 Å². The number of aliphatic hydroxyl groups excluding tert-OH is 1. The highest BCUT2D eigenvalue weighted by Crippen LogP contribution is 2.20. The maximum absolute atomic E-state index is 9.31. The van der Waals surface area contributed by atoms with E-state index in [1.165, 1.54) is 0 Å². The molecule has 0 unspecified atom stereocenters. The van der Waals surface area contributed by atoms with Gasteiger partial charge in [0.05, 0.1) is 5.71 Å². The number of hydrogen-bond acceptors (Lipinski definition) is 3. The van der Waals surface area contributed by atoms with E-state index in [0.29, 0.717) is 0 Å². The molecule has 0 aromatic heterocycles. The van der Waals surface area contributed by atoms with E-state index in [0.717, 1.165) is 17.7 Å². The zero-order valence-corrected chi connectivity index (χ0v) is 8.05. The van der Waals surface area contributed by atoms with Gasteiger partial charge in [-0.15, -0.1) is 0 Å². The van der Waals surface area contributed by atoms with Crippen molar-refractivity contribution in [3.05, 3.63) is 35.9 Å². The molecule has 1 aromatic rings. The van der Waals surface area contributed by atoms with Crippen LogP contribution in [-0.2, 0) is 4.84 Å². The SMILES string of the molecule is C[C@@H]1CC(c2ccccc2)=NO[C@H]1O. The first-order valence-electron chi connectivity index (χ1n) is 4.73. The third-order valence-electron chi connectivity index (χ3n) is 2.38. The first kappa shape index (κ1) is 9.21. The lowest BCUT2D eigenvalue weighted by Crippen LogP contribution is -2.27. The lowest BCUT2D eigenvalue weighted by atomic mass is 9.98. The molecular formula is C11H13NO2. The Kier molecular flexibility index (Phi) is 2.50. The predicted octanol–water partition coefficient (Wildman–Crippen LogP) is 1.77. The fraction of sp³-hybridized carbons (Fsp3) is 0.364. The van der Waals surface area contributed by atoms with E-state index in [9.17, 15) is 5.11 Å². The van der Waals surface area contributed by atoms with Gasteiger partial charge in [0.1, 0.15) is 0 Å². The molecule has 0 saturated carbocycles. The van der Waals surface area contributed by atoms with E-state index in [4.69, 9.17) is 4.84 Å². The third-order valence-corrected chi connectivity index (χ3v) is 2.38. The molecule has 3 heteroatoms. The highest BCUT2D eigenvalue weighted by molar-refractivity contribution is 6.00. The van der Waals surface area contributed by atoms with Crippen molar-refractivity contribution in [1.82, 2.24) is 0 Å². The van der Waals surface area contributed by atoms with Gasteiger partial charge in [0.25, 0.3) is 0 Å². The van der Waals surface area contributed by atoms with E-state index in [-0.39, 0.29) is 5.92 Å². The molecule has 3 nitrogen and oxygen atoms in total. The van der Waals surface area contributed by atoms with Crippen molar-refractivity contribution in [3.8, 4) is 0 Å². The molecule has 1 N–H and O–H groups in total. The molecule has 1 aliphatic heterocycles. The molecule has 0 saturated heterocycles. The van der Waals surface area contributed by atoms with Crippen LogP contribution in [0.25, 0.3) is 0 Å². The number of benzene rings is 1. The van der Waals surface area contributed by atoms with Crippen LogP contribution < -0.4 is 0 Å². The Morgan fingerprint density at radius 3 is 2.71 bits per heavy atom. The van der Waals surface area contributed by atoms with Crippen molar-refractivity contribution in [1.29, 1.82) is 0 Å². The Morgan fingerprint density at radius 1 is 1.36 bits per heavy atom. The minimum atomic E-state index is -0.762. The summed E-state index contributed by atoms with van der Waals surface area (Å²) in [6, 6.07) is 9.88. The van der Waals surface area contributed by atoms with Crippen LogP contribution in [0.15, 0.2) is 35.5 Å². The smallest absolute Gasteiger partial charge is 0.227 e. The average molecular weight is 191 g/mol. The van der Waals surface area contributed by atoms with Gasteiger partial charge >= 0.3 is 0 Å². The minimum absolute atomic E-state index is 0.0997. The molecule has 0 bridgehead atoms. The number of nitrogens with zero attached hydrogens (tertiary/aromatic N) is 1. The molecule has 0 aliphatic carbocycles. The molecule has 0 radical (unpaired) electrons. The van der Waals surface area contributed by atoms with Crippen LogP contribution >= 0.6 is 0 Å². The van der Waals surface area contributed by atoms with Gasteiger partial charge in [-0.2, -0.15) is 0 Å². The number of oxime groups is 1. The van der Waals surface area contributed by atoms with Crippen LogP contribution in [0, 0.1) is 5.92 Å². The zero-order valence-electron chi connectivity index (χ0n) is 8.05. The summed E-state index contributed by atoms with van der Waals surface area (Å²) in [5.41, 5.74) is 1.97. The van der Waals surface area contributed by atoms with E-state index in [2.05, 4.69) is 5.16 Å². The van der Waals surface area contributed by atoms with Gasteiger partial charge in [0.15, 0.2) is 0 Å². The monoisotopic (exact) mass is 191 g/mol. The Hall–Kier alpha value is -1.35. The zero-order chi connectivity index (χ0) is 9.97. The van der Waals surface area contributed by atoms with E-state index in [1.54, 1.807) is 0 Å². The standard InChI is InChI=1S/C11H13NO2/c1-8-7-10(12-14-11(8)13)9-5-3-2-4-6-9/h2-6,8,11,13H,7H2,1H3/t8-,11-/m1/s1.